The van der Waals surface area contributed by atoms with Gasteiger partial charge in [0.2, 0.25) is 0 Å². The SMILES string of the molecule is COc1ccc(Cl)c(Nc2nc3ccccc3nc2NS(=O)c2cccc(C(=O)NCCCOC(C)C)c2)c1. The monoisotopic (exact) mass is 567 g/mol. The lowest BCUT2D eigenvalue weighted by molar-refractivity contribution is 0.0757. The summed E-state index contributed by atoms with van der Waals surface area (Å²) in [5, 5.41) is 6.50. The minimum atomic E-state index is -1.75. The number of aromatic nitrogens is 2. The normalized spacial score (nSPS) is 11.8. The lowest BCUT2D eigenvalue weighted by atomic mass is 10.2. The van der Waals surface area contributed by atoms with Crippen LogP contribution in [0, 0.1) is 0 Å². The second-order valence-corrected chi connectivity index (χ2v) is 10.4. The molecule has 9 nitrogen and oxygen atoms in total. The van der Waals surface area contributed by atoms with E-state index in [1.807, 2.05) is 38.1 Å². The zero-order valence-electron chi connectivity index (χ0n) is 21.9. The predicted octanol–water partition coefficient (Wildman–Crippen LogP) is 5.72. The van der Waals surface area contributed by atoms with E-state index in [9.17, 15) is 9.00 Å². The summed E-state index contributed by atoms with van der Waals surface area (Å²) in [6, 6.07) is 19.2. The first-order chi connectivity index (χ1) is 18.8. The maximum atomic E-state index is 13.4. The van der Waals surface area contributed by atoms with Crippen LogP contribution in [0.3, 0.4) is 0 Å². The summed E-state index contributed by atoms with van der Waals surface area (Å²) >= 11 is 6.40. The summed E-state index contributed by atoms with van der Waals surface area (Å²) in [5.74, 6) is 0.941. The van der Waals surface area contributed by atoms with E-state index >= 15 is 0 Å². The second-order valence-electron chi connectivity index (χ2n) is 8.81. The molecule has 39 heavy (non-hydrogen) atoms. The first-order valence-electron chi connectivity index (χ1n) is 12.4. The highest BCUT2D eigenvalue weighted by molar-refractivity contribution is 7.86. The van der Waals surface area contributed by atoms with Crippen molar-refractivity contribution in [1.29, 1.82) is 0 Å². The predicted molar refractivity (Wildman–Crippen MR) is 155 cm³/mol. The van der Waals surface area contributed by atoms with Crippen molar-refractivity contribution in [3.63, 3.8) is 0 Å². The molecule has 0 spiro atoms. The molecule has 4 aromatic rings. The number of benzene rings is 3. The van der Waals surface area contributed by atoms with Gasteiger partial charge in [0.1, 0.15) is 5.75 Å². The number of anilines is 3. The van der Waals surface area contributed by atoms with Gasteiger partial charge in [-0.15, -0.1) is 0 Å². The number of nitrogens with zero attached hydrogens (tertiary/aromatic N) is 2. The summed E-state index contributed by atoms with van der Waals surface area (Å²) in [6.07, 6.45) is 0.848. The average Bonchev–Trinajstić information content (AvgIpc) is 2.94. The van der Waals surface area contributed by atoms with Crippen molar-refractivity contribution in [2.24, 2.45) is 0 Å². The summed E-state index contributed by atoms with van der Waals surface area (Å²) in [7, 11) is -0.184. The van der Waals surface area contributed by atoms with Gasteiger partial charge in [-0.05, 0) is 62.7 Å². The Morgan fingerprint density at radius 3 is 2.46 bits per heavy atom. The van der Waals surface area contributed by atoms with Gasteiger partial charge in [0.25, 0.3) is 5.91 Å². The van der Waals surface area contributed by atoms with Crippen molar-refractivity contribution >= 4 is 56.9 Å². The number of rotatable bonds is 12. The van der Waals surface area contributed by atoms with Gasteiger partial charge in [-0.1, -0.05) is 29.8 Å². The Bertz CT molecular complexity index is 1480. The molecule has 0 aliphatic rings. The van der Waals surface area contributed by atoms with E-state index in [-0.39, 0.29) is 17.8 Å². The molecule has 1 aromatic heterocycles. The molecule has 4 rings (SSSR count). The molecule has 204 valence electrons. The van der Waals surface area contributed by atoms with Gasteiger partial charge in [0.15, 0.2) is 22.6 Å². The van der Waals surface area contributed by atoms with E-state index in [0.29, 0.717) is 63.3 Å². The molecule has 0 saturated heterocycles. The summed E-state index contributed by atoms with van der Waals surface area (Å²) in [4.78, 5) is 22.4. The molecule has 3 N–H and O–H groups in total. The molecule has 0 bridgehead atoms. The Morgan fingerprint density at radius 2 is 1.74 bits per heavy atom. The van der Waals surface area contributed by atoms with Crippen LogP contribution in [-0.2, 0) is 15.7 Å². The third-order valence-corrected chi connectivity index (χ3v) is 6.95. The van der Waals surface area contributed by atoms with Crippen LogP contribution in [-0.4, -0.2) is 46.4 Å². The molecule has 1 unspecified atom stereocenters. The van der Waals surface area contributed by atoms with Crippen LogP contribution in [0.25, 0.3) is 11.0 Å². The molecule has 0 aliphatic carbocycles. The molecule has 1 amide bonds. The second kappa shape index (κ2) is 13.4. The number of nitrogens with one attached hydrogen (secondary N) is 3. The molecule has 0 saturated carbocycles. The third-order valence-electron chi connectivity index (χ3n) is 5.55. The maximum absolute atomic E-state index is 13.4. The number of hydrogen-bond acceptors (Lipinski definition) is 7. The van der Waals surface area contributed by atoms with Crippen molar-refractivity contribution in [1.82, 2.24) is 15.3 Å². The number of halogens is 1. The third kappa shape index (κ3) is 7.66. The number of fused-ring (bicyclic) bond motifs is 1. The molecule has 0 fully saturated rings. The van der Waals surface area contributed by atoms with Crippen molar-refractivity contribution in [2.75, 3.05) is 30.3 Å². The van der Waals surface area contributed by atoms with Crippen molar-refractivity contribution in [3.05, 3.63) is 77.3 Å². The van der Waals surface area contributed by atoms with Crippen LogP contribution in [0.5, 0.6) is 5.75 Å². The topological polar surface area (TPSA) is 114 Å². The lowest BCUT2D eigenvalue weighted by Crippen LogP contribution is -2.25. The van der Waals surface area contributed by atoms with Crippen LogP contribution < -0.4 is 20.1 Å². The first kappa shape index (κ1) is 28.3. The zero-order valence-corrected chi connectivity index (χ0v) is 23.4. The number of para-hydroxylation sites is 2. The fourth-order valence-electron chi connectivity index (χ4n) is 3.61. The smallest absolute Gasteiger partial charge is 0.251 e. The lowest BCUT2D eigenvalue weighted by Gasteiger charge is -2.15. The first-order valence-corrected chi connectivity index (χ1v) is 13.9. The van der Waals surface area contributed by atoms with Crippen LogP contribution in [0.2, 0.25) is 5.02 Å². The number of carbonyl (C=O) groups is 1. The molecule has 3 aromatic carbocycles. The number of amides is 1. The average molecular weight is 568 g/mol. The fraction of sp³-hybridized carbons (Fsp3) is 0.250. The van der Waals surface area contributed by atoms with Crippen molar-refractivity contribution in [2.45, 2.75) is 31.3 Å². The molecular weight excluding hydrogens is 538 g/mol. The van der Waals surface area contributed by atoms with E-state index in [1.54, 1.807) is 49.6 Å². The quantitative estimate of drug-likeness (QED) is 0.188. The Labute approximate surface area is 234 Å². The Morgan fingerprint density at radius 1 is 1.00 bits per heavy atom. The van der Waals surface area contributed by atoms with E-state index in [0.717, 1.165) is 0 Å². The number of carbonyl (C=O) groups excluding carboxylic acids is 1. The Hall–Kier alpha value is -3.73. The van der Waals surface area contributed by atoms with Crippen molar-refractivity contribution < 1.29 is 18.5 Å². The highest BCUT2D eigenvalue weighted by atomic mass is 35.5. The van der Waals surface area contributed by atoms with Gasteiger partial charge in [-0.25, -0.2) is 14.2 Å². The largest absolute Gasteiger partial charge is 0.497 e. The summed E-state index contributed by atoms with van der Waals surface area (Å²) in [5.41, 5.74) is 2.21. The van der Waals surface area contributed by atoms with Gasteiger partial charge in [0.05, 0.1) is 39.9 Å². The van der Waals surface area contributed by atoms with Crippen LogP contribution >= 0.6 is 11.6 Å². The van der Waals surface area contributed by atoms with Gasteiger partial charge in [-0.2, -0.15) is 0 Å². The van der Waals surface area contributed by atoms with E-state index in [2.05, 4.69) is 25.3 Å². The minimum absolute atomic E-state index is 0.149. The summed E-state index contributed by atoms with van der Waals surface area (Å²) < 4.78 is 27.1. The van der Waals surface area contributed by atoms with E-state index < -0.39 is 11.0 Å². The molecule has 11 heteroatoms. The van der Waals surface area contributed by atoms with Gasteiger partial charge < -0.3 is 20.1 Å². The summed E-state index contributed by atoms with van der Waals surface area (Å²) in [6.45, 7) is 4.98. The Kier molecular flexibility index (Phi) is 9.69. The van der Waals surface area contributed by atoms with E-state index in [1.165, 1.54) is 0 Å². The van der Waals surface area contributed by atoms with E-state index in [4.69, 9.17) is 21.1 Å². The zero-order chi connectivity index (χ0) is 27.8. The van der Waals surface area contributed by atoms with Gasteiger partial charge in [-0.3, -0.25) is 9.52 Å². The molecule has 0 aliphatic heterocycles. The van der Waals surface area contributed by atoms with Crippen LogP contribution in [0.1, 0.15) is 30.6 Å². The maximum Gasteiger partial charge on any atom is 0.251 e. The number of hydrogen-bond donors (Lipinski definition) is 3. The standard InChI is InChI=1S/C28H30ClN5O4S/c1-18(2)38-15-7-14-30-28(35)19-8-6-9-21(16-19)39(36)34-27-26(31-23-10-4-5-11-24(23)32-27)33-25-17-20(37-3)12-13-22(25)29/h4-6,8-13,16-18H,7,14-15H2,1-3H3,(H,30,35)(H,31,33)(H,32,34). The van der Waals surface area contributed by atoms with Gasteiger partial charge in [0, 0.05) is 24.8 Å². The Balaban J connectivity index is 1.54. The van der Waals surface area contributed by atoms with Gasteiger partial charge >= 0.3 is 0 Å². The van der Waals surface area contributed by atoms with Crippen molar-refractivity contribution in [3.8, 4) is 5.75 Å². The fourth-order valence-corrected chi connectivity index (χ4v) is 4.64. The highest BCUT2D eigenvalue weighted by Crippen LogP contribution is 2.32. The molecular formula is C28H30ClN5O4S. The number of methoxy groups -OCH3 is 1. The van der Waals surface area contributed by atoms with Crippen LogP contribution in [0.4, 0.5) is 17.3 Å². The molecule has 1 heterocycles. The highest BCUT2D eigenvalue weighted by Gasteiger charge is 2.16. The molecule has 0 radical (unpaired) electrons. The minimum Gasteiger partial charge on any atom is -0.497 e. The molecule has 1 atom stereocenters. The van der Waals surface area contributed by atoms with Crippen LogP contribution in [0.15, 0.2) is 71.6 Å². The number of ether oxygens (including phenoxy) is 2.